The lowest BCUT2D eigenvalue weighted by atomic mass is 9.99. The predicted octanol–water partition coefficient (Wildman–Crippen LogP) is 3.50. The highest BCUT2D eigenvalue weighted by Crippen LogP contribution is 2.44. The summed E-state index contributed by atoms with van der Waals surface area (Å²) < 4.78 is 33.2. The topological polar surface area (TPSA) is 133 Å². The van der Waals surface area contributed by atoms with E-state index in [1.807, 2.05) is 6.92 Å². The molecule has 35 heavy (non-hydrogen) atoms. The zero-order valence-corrected chi connectivity index (χ0v) is 20.5. The third-order valence-corrected chi connectivity index (χ3v) is 5.67. The van der Waals surface area contributed by atoms with Gasteiger partial charge >= 0.3 is 5.97 Å². The van der Waals surface area contributed by atoms with Gasteiger partial charge in [0.1, 0.15) is 23.5 Å². The van der Waals surface area contributed by atoms with Crippen LogP contribution in [0.25, 0.3) is 6.08 Å². The van der Waals surface area contributed by atoms with Crippen LogP contribution in [0.2, 0.25) is 0 Å². The molecule has 1 fully saturated rings. The number of carboxylic acid groups (broad SMARTS) is 1. The van der Waals surface area contributed by atoms with Crippen molar-refractivity contribution in [1.82, 2.24) is 0 Å². The smallest absolute Gasteiger partial charge is 0.340 e. The Bertz CT molecular complexity index is 952. The number of aliphatic hydroxyl groups excluding tert-OH is 2. The van der Waals surface area contributed by atoms with Crippen molar-refractivity contribution in [3.8, 4) is 17.2 Å². The first-order valence-corrected chi connectivity index (χ1v) is 11.3. The molecule has 10 nitrogen and oxygen atoms in total. The summed E-state index contributed by atoms with van der Waals surface area (Å²) >= 11 is 0. The third kappa shape index (κ3) is 6.53. The van der Waals surface area contributed by atoms with E-state index in [0.717, 1.165) is 0 Å². The van der Waals surface area contributed by atoms with E-state index >= 15 is 0 Å². The molecule has 3 rings (SSSR count). The van der Waals surface area contributed by atoms with E-state index < -0.39 is 30.1 Å². The van der Waals surface area contributed by atoms with Gasteiger partial charge in [-0.3, -0.25) is 0 Å². The first-order valence-electron chi connectivity index (χ1n) is 11.3. The van der Waals surface area contributed by atoms with E-state index in [-0.39, 0.29) is 42.5 Å². The molecule has 0 spiro atoms. The minimum Gasteiger partial charge on any atom is -0.478 e. The molecule has 1 saturated heterocycles. The van der Waals surface area contributed by atoms with Gasteiger partial charge in [0, 0.05) is 18.7 Å². The van der Waals surface area contributed by atoms with Gasteiger partial charge in [0.2, 0.25) is 6.79 Å². The number of hydrogen-bond acceptors (Lipinski definition) is 9. The van der Waals surface area contributed by atoms with Crippen molar-refractivity contribution in [2.75, 3.05) is 20.7 Å². The number of benzene rings is 1. The molecule has 0 aliphatic carbocycles. The maximum Gasteiger partial charge on any atom is 0.340 e. The van der Waals surface area contributed by atoms with E-state index in [4.69, 9.17) is 28.4 Å². The molecule has 2 aliphatic rings. The van der Waals surface area contributed by atoms with E-state index in [2.05, 4.69) is 0 Å². The number of hydrogen-bond donors (Lipinski definition) is 3. The molecule has 1 aromatic rings. The fraction of sp³-hybridized carbons (Fsp3) is 0.520. The molecular weight excluding hydrogens is 460 g/mol. The standard InChI is InChI=1S/C25H33O10/c1-14(15(2)26)9-10-17(27)23-18(34-25(3,4)35-23)8-6-7-16-21(24(28)29)19(31-12-30-5)11-20-22(16)33-13-32-20/h6-7,9-11,14-15,18,23,26-27H,8,12-13H2,1-5H3,(H,28,29)/b7-6+,10-9-/t14-,15+,18+,23-/m1/s1. The molecule has 0 bridgehead atoms. The van der Waals surface area contributed by atoms with Crippen molar-refractivity contribution in [2.24, 2.45) is 5.92 Å². The summed E-state index contributed by atoms with van der Waals surface area (Å²) in [6, 6.07) is 1.46. The minimum atomic E-state index is -1.20. The molecule has 0 unspecified atom stereocenters. The second kappa shape index (κ2) is 11.4. The van der Waals surface area contributed by atoms with Crippen LogP contribution in [0.5, 0.6) is 17.2 Å². The van der Waals surface area contributed by atoms with Crippen molar-refractivity contribution >= 4 is 12.0 Å². The number of carboxylic acids is 1. The van der Waals surface area contributed by atoms with Gasteiger partial charge < -0.3 is 43.7 Å². The maximum atomic E-state index is 12.1. The van der Waals surface area contributed by atoms with Gasteiger partial charge in [-0.1, -0.05) is 31.2 Å². The van der Waals surface area contributed by atoms with Crippen molar-refractivity contribution in [3.05, 3.63) is 41.5 Å². The summed E-state index contributed by atoms with van der Waals surface area (Å²) in [6.45, 7) is 6.82. The summed E-state index contributed by atoms with van der Waals surface area (Å²) in [6.07, 6.45) is 4.97. The minimum absolute atomic E-state index is 0.0275. The fourth-order valence-corrected chi connectivity index (χ4v) is 3.74. The Morgan fingerprint density at radius 1 is 1.26 bits per heavy atom. The first kappa shape index (κ1) is 27.0. The van der Waals surface area contributed by atoms with E-state index in [1.54, 1.807) is 39.0 Å². The highest BCUT2D eigenvalue weighted by molar-refractivity contribution is 5.97. The highest BCUT2D eigenvalue weighted by Gasteiger charge is 2.44. The van der Waals surface area contributed by atoms with E-state index in [0.29, 0.717) is 17.9 Å². The SMILES string of the molecule is COCOc1cc2c(c(/C=C/C[C@@H]3OC(C)(C)O[C@@H]3[C](O)/C=C\[C@@H](C)[C@H](C)O)c1C(=O)O)OCO2. The molecule has 2 aliphatic heterocycles. The summed E-state index contributed by atoms with van der Waals surface area (Å²) in [5.74, 6) is -1.53. The molecule has 2 heterocycles. The first-order chi connectivity index (χ1) is 16.5. The van der Waals surface area contributed by atoms with Crippen LogP contribution in [0, 0.1) is 12.0 Å². The Hall–Kier alpha value is -2.63. The molecule has 10 heteroatoms. The van der Waals surface area contributed by atoms with E-state index in [9.17, 15) is 20.1 Å². The molecule has 1 radical (unpaired) electrons. The number of ether oxygens (including phenoxy) is 6. The number of fused-ring (bicyclic) bond motifs is 1. The Labute approximate surface area is 204 Å². The highest BCUT2D eigenvalue weighted by atomic mass is 16.8. The summed E-state index contributed by atoms with van der Waals surface area (Å²) in [4.78, 5) is 12.1. The van der Waals surface area contributed by atoms with Gasteiger partial charge in [-0.2, -0.15) is 0 Å². The zero-order valence-electron chi connectivity index (χ0n) is 20.5. The van der Waals surface area contributed by atoms with Gasteiger partial charge in [0.25, 0.3) is 0 Å². The number of methoxy groups -OCH3 is 1. The quantitative estimate of drug-likeness (QED) is 0.393. The molecule has 4 atom stereocenters. The number of carbonyl (C=O) groups is 1. The fourth-order valence-electron chi connectivity index (χ4n) is 3.74. The van der Waals surface area contributed by atoms with Crippen molar-refractivity contribution in [1.29, 1.82) is 0 Å². The van der Waals surface area contributed by atoms with Crippen molar-refractivity contribution in [3.63, 3.8) is 0 Å². The largest absolute Gasteiger partial charge is 0.478 e. The molecule has 0 aromatic heterocycles. The third-order valence-electron chi connectivity index (χ3n) is 5.67. The Kier molecular flexibility index (Phi) is 8.79. The van der Waals surface area contributed by atoms with Gasteiger partial charge in [-0.15, -0.1) is 0 Å². The zero-order chi connectivity index (χ0) is 25.8. The van der Waals surface area contributed by atoms with Crippen LogP contribution in [-0.2, 0) is 14.2 Å². The summed E-state index contributed by atoms with van der Waals surface area (Å²) in [5.41, 5.74) is 0.194. The second-order valence-electron chi connectivity index (χ2n) is 8.87. The van der Waals surface area contributed by atoms with Crippen LogP contribution in [0.4, 0.5) is 0 Å². The molecule has 3 N–H and O–H groups in total. The molecule has 0 amide bonds. The van der Waals surface area contributed by atoms with Crippen LogP contribution in [0.3, 0.4) is 0 Å². The molecule has 1 aromatic carbocycles. The van der Waals surface area contributed by atoms with Crippen LogP contribution < -0.4 is 14.2 Å². The van der Waals surface area contributed by atoms with E-state index in [1.165, 1.54) is 19.3 Å². The lowest BCUT2D eigenvalue weighted by Gasteiger charge is -2.19. The van der Waals surface area contributed by atoms with Gasteiger partial charge in [0.15, 0.2) is 24.1 Å². The maximum absolute atomic E-state index is 12.1. The number of aromatic carboxylic acids is 1. The number of aliphatic hydroxyl groups is 2. The van der Waals surface area contributed by atoms with Crippen LogP contribution in [-0.4, -0.2) is 66.1 Å². The van der Waals surface area contributed by atoms with Gasteiger partial charge in [-0.05, 0) is 33.1 Å². The van der Waals surface area contributed by atoms with Gasteiger partial charge in [0.05, 0.1) is 12.2 Å². The Morgan fingerprint density at radius 2 is 2.00 bits per heavy atom. The van der Waals surface area contributed by atoms with Crippen LogP contribution in [0.1, 0.15) is 50.0 Å². The second-order valence-corrected chi connectivity index (χ2v) is 8.87. The van der Waals surface area contributed by atoms with Crippen LogP contribution >= 0.6 is 0 Å². The number of rotatable bonds is 11. The lowest BCUT2D eigenvalue weighted by Crippen LogP contribution is -2.28. The average molecular weight is 494 g/mol. The summed E-state index contributed by atoms with van der Waals surface area (Å²) in [5, 5.41) is 30.2. The monoisotopic (exact) mass is 493 g/mol. The summed E-state index contributed by atoms with van der Waals surface area (Å²) in [7, 11) is 1.43. The lowest BCUT2D eigenvalue weighted by molar-refractivity contribution is -0.147. The molecule has 193 valence electrons. The van der Waals surface area contributed by atoms with Crippen molar-refractivity contribution in [2.45, 2.75) is 58.2 Å². The van der Waals surface area contributed by atoms with Crippen molar-refractivity contribution < 1.29 is 48.5 Å². The molecular formula is C25H33O10. The average Bonchev–Trinajstić information content (AvgIpc) is 3.38. The van der Waals surface area contributed by atoms with Crippen LogP contribution in [0.15, 0.2) is 24.3 Å². The normalized spacial score (nSPS) is 22.9. The predicted molar refractivity (Wildman–Crippen MR) is 125 cm³/mol. The van der Waals surface area contributed by atoms with Gasteiger partial charge in [-0.25, -0.2) is 4.79 Å². The molecule has 0 saturated carbocycles. The Morgan fingerprint density at radius 3 is 2.66 bits per heavy atom. The Balaban J connectivity index is 1.84.